The molecule has 2 aliphatic heterocycles. The van der Waals surface area contributed by atoms with Gasteiger partial charge >= 0.3 is 0 Å². The Bertz CT molecular complexity index is 407. The van der Waals surface area contributed by atoms with Crippen LogP contribution in [0.2, 0.25) is 0 Å². The van der Waals surface area contributed by atoms with E-state index in [1.165, 1.54) is 16.7 Å². The average Bonchev–Trinajstić information content (AvgIpc) is 3.19. The van der Waals surface area contributed by atoms with Crippen LogP contribution >= 0.6 is 0 Å². The minimum absolute atomic E-state index is 0.392. The molecular weight excluding hydrogens is 216 g/mol. The highest BCUT2D eigenvalue weighted by molar-refractivity contribution is 5.89. The van der Waals surface area contributed by atoms with E-state index in [0.29, 0.717) is 12.2 Å². The lowest BCUT2D eigenvalue weighted by Crippen LogP contribution is -2.06. The second-order valence-electron chi connectivity index (χ2n) is 4.45. The van der Waals surface area contributed by atoms with Gasteiger partial charge in [-0.05, 0) is 22.8 Å². The Balaban J connectivity index is 0.000000107. The predicted molar refractivity (Wildman–Crippen MR) is 65.8 cm³/mol. The molecule has 2 atom stereocenters. The fourth-order valence-electron chi connectivity index (χ4n) is 1.61. The molecule has 2 heterocycles. The zero-order valence-corrected chi connectivity index (χ0v) is 9.72. The van der Waals surface area contributed by atoms with E-state index in [1.54, 1.807) is 0 Å². The fraction of sp³-hybridized carbons (Fsp3) is 0.429. The smallest absolute Gasteiger partial charge is 0.104 e. The van der Waals surface area contributed by atoms with Crippen LogP contribution in [0.4, 0.5) is 0 Å². The van der Waals surface area contributed by atoms with Gasteiger partial charge in [-0.2, -0.15) is 0 Å². The van der Waals surface area contributed by atoms with Crippen molar-refractivity contribution in [3.05, 3.63) is 30.3 Å². The van der Waals surface area contributed by atoms with Gasteiger partial charge in [-0.15, -0.1) is 0 Å². The van der Waals surface area contributed by atoms with E-state index in [2.05, 4.69) is 24.8 Å². The summed E-state index contributed by atoms with van der Waals surface area (Å²) in [5.41, 5.74) is 4.06. The van der Waals surface area contributed by atoms with Crippen molar-refractivity contribution in [2.45, 2.75) is 12.2 Å². The van der Waals surface area contributed by atoms with Crippen LogP contribution in [0.25, 0.3) is 17.2 Å². The molecule has 0 amide bonds. The lowest BCUT2D eigenvalue weighted by atomic mass is 10.3. The third-order valence-electron chi connectivity index (χ3n) is 2.91. The molecule has 0 saturated carbocycles. The number of benzene rings is 1. The molecule has 0 N–H and O–H groups in total. The summed E-state index contributed by atoms with van der Waals surface area (Å²) in [4.78, 5) is 0. The minimum atomic E-state index is 0.392. The number of rotatable bonds is 5. The Morgan fingerprint density at radius 2 is 1.88 bits per heavy atom. The fourth-order valence-corrected chi connectivity index (χ4v) is 1.61. The topological polar surface area (TPSA) is 34.3 Å². The molecule has 2 aliphatic carbocycles. The van der Waals surface area contributed by atoms with Crippen molar-refractivity contribution in [2.75, 3.05) is 26.4 Å². The van der Waals surface area contributed by atoms with Gasteiger partial charge in [-0.25, -0.2) is 0 Å². The second-order valence-corrected chi connectivity index (χ2v) is 4.45. The van der Waals surface area contributed by atoms with Crippen molar-refractivity contribution in [1.29, 1.82) is 0 Å². The lowest BCUT2D eigenvalue weighted by Gasteiger charge is -1.95. The molecule has 3 heteroatoms. The van der Waals surface area contributed by atoms with Crippen molar-refractivity contribution >= 4 is 6.08 Å². The van der Waals surface area contributed by atoms with Gasteiger partial charge in [-0.3, -0.25) is 0 Å². The summed E-state index contributed by atoms with van der Waals surface area (Å²) in [5, 5.41) is 0. The van der Waals surface area contributed by atoms with Gasteiger partial charge in [-0.1, -0.05) is 24.8 Å². The van der Waals surface area contributed by atoms with Gasteiger partial charge in [0.1, 0.15) is 12.2 Å². The van der Waals surface area contributed by atoms with Crippen LogP contribution in [-0.4, -0.2) is 38.6 Å². The van der Waals surface area contributed by atoms with E-state index in [1.807, 2.05) is 6.08 Å². The molecule has 2 unspecified atom stereocenters. The summed E-state index contributed by atoms with van der Waals surface area (Å²) < 4.78 is 15.1. The Hall–Kier alpha value is -1.16. The van der Waals surface area contributed by atoms with Gasteiger partial charge < -0.3 is 14.2 Å². The molecule has 0 aromatic rings. The predicted octanol–water partition coefficient (Wildman–Crippen LogP) is 2.11. The number of epoxide rings is 2. The third kappa shape index (κ3) is 3.16. The first-order valence-electron chi connectivity index (χ1n) is 5.94. The molecule has 90 valence electrons. The highest BCUT2D eigenvalue weighted by atomic mass is 16.6. The van der Waals surface area contributed by atoms with Crippen LogP contribution in [-0.2, 0) is 14.2 Å². The lowest BCUT2D eigenvalue weighted by molar-refractivity contribution is 0.102. The van der Waals surface area contributed by atoms with Crippen LogP contribution in [0.1, 0.15) is 5.56 Å². The van der Waals surface area contributed by atoms with Gasteiger partial charge in [0, 0.05) is 0 Å². The van der Waals surface area contributed by atoms with Crippen molar-refractivity contribution in [1.82, 2.24) is 0 Å². The zero-order valence-electron chi connectivity index (χ0n) is 9.72. The minimum Gasteiger partial charge on any atom is -0.376 e. The van der Waals surface area contributed by atoms with Crippen LogP contribution < -0.4 is 0 Å². The van der Waals surface area contributed by atoms with Crippen molar-refractivity contribution in [2.24, 2.45) is 0 Å². The van der Waals surface area contributed by atoms with E-state index in [-0.39, 0.29) is 0 Å². The van der Waals surface area contributed by atoms with Crippen molar-refractivity contribution in [3.63, 3.8) is 0 Å². The Labute approximate surface area is 101 Å². The summed E-state index contributed by atoms with van der Waals surface area (Å²) in [7, 11) is 0. The van der Waals surface area contributed by atoms with Gasteiger partial charge in [0.2, 0.25) is 0 Å². The quantitative estimate of drug-likeness (QED) is 0.740. The first-order valence-corrected chi connectivity index (χ1v) is 5.94. The molecule has 0 radical (unpaired) electrons. The molecule has 0 aromatic heterocycles. The molecule has 17 heavy (non-hydrogen) atoms. The Morgan fingerprint density at radius 1 is 1.24 bits per heavy atom. The molecule has 2 fully saturated rings. The molecule has 0 spiro atoms. The van der Waals surface area contributed by atoms with Crippen molar-refractivity contribution < 1.29 is 14.2 Å². The standard InChI is InChI=1S/C8H6.C6H10O3/c1-2-6-3-4-7-5-8(6)7;1(5-3-8-5)7-2-6-4-9-6/h2-5H,1H2;5-6H,1-4H2. The number of hydrogen-bond donors (Lipinski definition) is 0. The average molecular weight is 232 g/mol. The van der Waals surface area contributed by atoms with E-state index in [0.717, 1.165) is 26.4 Å². The monoisotopic (exact) mass is 232 g/mol. The van der Waals surface area contributed by atoms with Crippen molar-refractivity contribution in [3.8, 4) is 11.1 Å². The number of ether oxygens (including phenoxy) is 3. The van der Waals surface area contributed by atoms with Gasteiger partial charge in [0.15, 0.2) is 0 Å². The number of hydrogen-bond acceptors (Lipinski definition) is 3. The van der Waals surface area contributed by atoms with Crippen LogP contribution in [0.15, 0.2) is 24.8 Å². The molecule has 2 saturated heterocycles. The Kier molecular flexibility index (Phi) is 2.97. The summed E-state index contributed by atoms with van der Waals surface area (Å²) in [6, 6.07) is 6.38. The number of fused-ring (bicyclic) bond motifs is 1. The molecule has 0 aromatic carbocycles. The first kappa shape index (κ1) is 11.0. The largest absolute Gasteiger partial charge is 0.376 e. The van der Waals surface area contributed by atoms with Gasteiger partial charge in [0.05, 0.1) is 26.4 Å². The highest BCUT2D eigenvalue weighted by Crippen LogP contribution is 2.38. The summed E-state index contributed by atoms with van der Waals surface area (Å²) >= 11 is 0. The maximum atomic E-state index is 5.23. The van der Waals surface area contributed by atoms with Crippen LogP contribution in [0.3, 0.4) is 0 Å². The third-order valence-corrected chi connectivity index (χ3v) is 2.91. The maximum Gasteiger partial charge on any atom is 0.104 e. The second kappa shape index (κ2) is 4.61. The molecular formula is C14H16O3. The van der Waals surface area contributed by atoms with E-state index < -0.39 is 0 Å². The summed E-state index contributed by atoms with van der Waals surface area (Å²) in [5.74, 6) is 0. The van der Waals surface area contributed by atoms with E-state index >= 15 is 0 Å². The van der Waals surface area contributed by atoms with Crippen LogP contribution in [0.5, 0.6) is 0 Å². The summed E-state index contributed by atoms with van der Waals surface area (Å²) in [6.45, 7) is 6.94. The maximum absolute atomic E-state index is 5.23. The van der Waals surface area contributed by atoms with E-state index in [9.17, 15) is 0 Å². The molecule has 4 aliphatic rings. The van der Waals surface area contributed by atoms with Gasteiger partial charge in [0.25, 0.3) is 0 Å². The molecule has 3 nitrogen and oxygen atoms in total. The zero-order chi connectivity index (χ0) is 11.7. The Morgan fingerprint density at radius 3 is 2.18 bits per heavy atom. The van der Waals surface area contributed by atoms with Crippen LogP contribution in [0, 0.1) is 0 Å². The SMILES string of the molecule is C(OCC1CO1)C1CO1.C=Cc1ccc2cc1-2. The molecule has 0 bridgehead atoms. The summed E-state index contributed by atoms with van der Waals surface area (Å²) in [6.07, 6.45) is 2.68. The first-order chi connectivity index (χ1) is 8.36. The highest BCUT2D eigenvalue weighted by Gasteiger charge is 2.26. The molecule has 4 rings (SSSR count). The van der Waals surface area contributed by atoms with E-state index in [4.69, 9.17) is 14.2 Å². The normalized spacial score (nSPS) is 25.6.